The van der Waals surface area contributed by atoms with E-state index >= 15 is 0 Å². The highest BCUT2D eigenvalue weighted by molar-refractivity contribution is 7.13. The number of thiazole rings is 1. The fourth-order valence-electron chi connectivity index (χ4n) is 9.89. The number of anilines is 1. The van der Waals surface area contributed by atoms with E-state index in [1.54, 1.807) is 18.4 Å². The lowest BCUT2D eigenvalue weighted by Gasteiger charge is -2.35. The Morgan fingerprint density at radius 3 is 2.37 bits per heavy atom. The minimum atomic E-state index is -0.888. The summed E-state index contributed by atoms with van der Waals surface area (Å²) in [7, 11) is 1.64. The van der Waals surface area contributed by atoms with E-state index in [2.05, 4.69) is 56.6 Å². The number of likely N-dealkylation sites (tertiary alicyclic amines) is 1. The Labute approximate surface area is 416 Å². The maximum atomic E-state index is 14.1. The van der Waals surface area contributed by atoms with Gasteiger partial charge < -0.3 is 46.6 Å². The summed E-state index contributed by atoms with van der Waals surface area (Å²) in [6.45, 7) is 10.8. The summed E-state index contributed by atoms with van der Waals surface area (Å²) in [5, 5.41) is 23.0. The molecule has 15 nitrogen and oxygen atoms in total. The number of aliphatic hydroxyl groups is 1. The second-order valence-electron chi connectivity index (χ2n) is 20.3. The number of β-amino-alcohol motifs (C(OH)–C–C–N with tert-alkyl or cyclic N) is 1. The number of aliphatic hydroxyl groups excluding tert-OH is 1. The summed E-state index contributed by atoms with van der Waals surface area (Å²) >= 11 is 1.58. The highest BCUT2D eigenvalue weighted by atomic mass is 32.1. The molecular formula is C54H72N8O7S. The normalized spacial score (nSPS) is 20.1. The van der Waals surface area contributed by atoms with Crippen molar-refractivity contribution in [1.29, 1.82) is 0 Å². The Balaban J connectivity index is 0.854. The second-order valence-corrected chi connectivity index (χ2v) is 21.2. The van der Waals surface area contributed by atoms with Crippen molar-refractivity contribution >= 4 is 46.6 Å². The number of para-hydroxylation sites is 1. The van der Waals surface area contributed by atoms with Crippen LogP contribution < -0.4 is 31.9 Å². The number of ether oxygens (including phenoxy) is 1. The van der Waals surface area contributed by atoms with Gasteiger partial charge in [-0.1, -0.05) is 87.5 Å². The van der Waals surface area contributed by atoms with Crippen LogP contribution in [0.15, 0.2) is 72.2 Å². The fourth-order valence-corrected chi connectivity index (χ4v) is 10.7. The summed E-state index contributed by atoms with van der Waals surface area (Å²) < 4.78 is 6.41. The van der Waals surface area contributed by atoms with E-state index in [9.17, 15) is 29.1 Å². The maximum absolute atomic E-state index is 14.1. The van der Waals surface area contributed by atoms with Crippen LogP contribution in [0, 0.1) is 12.3 Å². The maximum Gasteiger partial charge on any atom is 0.246 e. The molecule has 1 aromatic heterocycles. The number of carbonyl (C=O) groups is 5. The molecule has 4 aromatic rings. The van der Waals surface area contributed by atoms with Crippen LogP contribution in [0.1, 0.15) is 106 Å². The van der Waals surface area contributed by atoms with Gasteiger partial charge in [0.1, 0.15) is 12.1 Å². The molecule has 70 heavy (non-hydrogen) atoms. The zero-order valence-corrected chi connectivity index (χ0v) is 42.4. The van der Waals surface area contributed by atoms with Crippen molar-refractivity contribution in [3.8, 4) is 10.4 Å². The molecule has 0 aliphatic carbocycles. The van der Waals surface area contributed by atoms with Crippen LogP contribution in [0.3, 0.4) is 0 Å². The number of hydrogen-bond donors (Lipinski definition) is 6. The Hall–Kier alpha value is -5.52. The number of carbonyl (C=O) groups excluding carboxylic acids is 5. The first-order valence-electron chi connectivity index (χ1n) is 24.9. The number of amides is 5. The molecule has 5 amide bonds. The van der Waals surface area contributed by atoms with E-state index in [-0.39, 0.29) is 73.7 Å². The molecule has 0 radical (unpaired) electrons. The van der Waals surface area contributed by atoms with Crippen LogP contribution >= 0.6 is 11.3 Å². The van der Waals surface area contributed by atoms with Crippen LogP contribution in [0.4, 0.5) is 5.69 Å². The van der Waals surface area contributed by atoms with Gasteiger partial charge in [0, 0.05) is 52.0 Å². The number of aryl methyl sites for hydroxylation is 3. The zero-order valence-electron chi connectivity index (χ0n) is 41.6. The van der Waals surface area contributed by atoms with Gasteiger partial charge in [-0.2, -0.15) is 0 Å². The average Bonchev–Trinajstić information content (AvgIpc) is 4.05. The topological polar surface area (TPSA) is 208 Å². The molecule has 0 spiro atoms. The van der Waals surface area contributed by atoms with Gasteiger partial charge in [-0.3, -0.25) is 24.0 Å². The monoisotopic (exact) mass is 977 g/mol. The second kappa shape index (κ2) is 23.6. The molecule has 4 heterocycles. The summed E-state index contributed by atoms with van der Waals surface area (Å²) in [6.07, 6.45) is 4.49. The van der Waals surface area contributed by atoms with Gasteiger partial charge in [0.25, 0.3) is 0 Å². The third-order valence-corrected chi connectivity index (χ3v) is 15.0. The van der Waals surface area contributed by atoms with Gasteiger partial charge in [0.05, 0.1) is 52.7 Å². The van der Waals surface area contributed by atoms with E-state index in [0.717, 1.165) is 64.2 Å². The van der Waals surface area contributed by atoms with E-state index in [4.69, 9.17) is 10.5 Å². The lowest BCUT2D eigenvalue weighted by atomic mass is 9.85. The highest BCUT2D eigenvalue weighted by Gasteiger charge is 2.45. The average molecular weight is 977 g/mol. The van der Waals surface area contributed by atoms with E-state index in [1.807, 2.05) is 81.4 Å². The van der Waals surface area contributed by atoms with Crippen molar-refractivity contribution in [1.82, 2.24) is 31.2 Å². The lowest BCUT2D eigenvalue weighted by molar-refractivity contribution is -0.144. The van der Waals surface area contributed by atoms with Gasteiger partial charge in [0.15, 0.2) is 0 Å². The summed E-state index contributed by atoms with van der Waals surface area (Å²) in [5.74, 6) is -1.05. The zero-order chi connectivity index (χ0) is 50.1. The SMILES string of the molecule is CNC(=O)CC[C@H](NC[C@@H]1Cc2cccc3c2N1C(=O)[C@@H](N)CC3)[C@@H](C)OCc1ccc(CCCCC(=O)N[C@H](C(=O)N2C[C@H](O)C[C@H]2C(=O)NCc2ccc(-c3scnc3C)cc2)C(C)(C)C)cc1. The molecule has 376 valence electrons. The molecule has 7 N–H and O–H groups in total. The summed E-state index contributed by atoms with van der Waals surface area (Å²) in [6, 6.07) is 19.9. The molecule has 1 saturated heterocycles. The van der Waals surface area contributed by atoms with Crippen molar-refractivity contribution in [3.05, 3.63) is 106 Å². The highest BCUT2D eigenvalue weighted by Crippen LogP contribution is 2.39. The number of aromatic nitrogens is 1. The fraction of sp³-hybridized carbons (Fsp3) is 0.519. The number of nitrogens with one attached hydrogen (secondary N) is 4. The van der Waals surface area contributed by atoms with Crippen molar-refractivity contribution < 1.29 is 33.8 Å². The van der Waals surface area contributed by atoms with Crippen LogP contribution in [0.25, 0.3) is 10.4 Å². The van der Waals surface area contributed by atoms with Crippen molar-refractivity contribution in [2.24, 2.45) is 11.1 Å². The van der Waals surface area contributed by atoms with Crippen LogP contribution in [-0.4, -0.2) is 107 Å². The predicted molar refractivity (Wildman–Crippen MR) is 273 cm³/mol. The Kier molecular flexibility index (Phi) is 17.6. The molecular weight excluding hydrogens is 905 g/mol. The largest absolute Gasteiger partial charge is 0.391 e. The third kappa shape index (κ3) is 13.1. The first kappa shape index (κ1) is 52.3. The predicted octanol–water partition coefficient (Wildman–Crippen LogP) is 5.26. The quantitative estimate of drug-likeness (QED) is 0.0597. The van der Waals surface area contributed by atoms with Gasteiger partial charge in [-0.25, -0.2) is 4.98 Å². The van der Waals surface area contributed by atoms with Gasteiger partial charge in [-0.05, 0) is 97.6 Å². The number of nitrogens with zero attached hydrogens (tertiary/aromatic N) is 3. The van der Waals surface area contributed by atoms with Crippen molar-refractivity contribution in [2.75, 3.05) is 25.0 Å². The van der Waals surface area contributed by atoms with Crippen LogP contribution in [0.5, 0.6) is 0 Å². The molecule has 0 bridgehead atoms. The molecule has 16 heteroatoms. The van der Waals surface area contributed by atoms with E-state index in [1.165, 1.54) is 16.0 Å². The van der Waals surface area contributed by atoms with E-state index in [0.29, 0.717) is 38.8 Å². The molecule has 1 fully saturated rings. The Bertz CT molecular complexity index is 2450. The van der Waals surface area contributed by atoms with E-state index < -0.39 is 29.6 Å². The Morgan fingerprint density at radius 1 is 0.957 bits per heavy atom. The molecule has 7 rings (SSSR count). The third-order valence-electron chi connectivity index (χ3n) is 14.1. The molecule has 0 unspecified atom stereocenters. The van der Waals surface area contributed by atoms with Crippen molar-refractivity contribution in [3.63, 3.8) is 0 Å². The minimum Gasteiger partial charge on any atom is -0.391 e. The first-order chi connectivity index (χ1) is 33.5. The molecule has 7 atom stereocenters. The van der Waals surface area contributed by atoms with Crippen LogP contribution in [-0.2, 0) is 61.1 Å². The molecule has 3 aliphatic heterocycles. The number of hydrogen-bond acceptors (Lipinski definition) is 11. The molecule has 3 aliphatic rings. The number of benzene rings is 3. The number of unbranched alkanes of at least 4 members (excludes halogenated alkanes) is 1. The van der Waals surface area contributed by atoms with Crippen molar-refractivity contribution in [2.45, 2.75) is 154 Å². The minimum absolute atomic E-state index is 0.0132. The standard InChI is InChI=1S/C54H72N8O7S/c1-33-49(70-32-59-33)39-20-18-36(19-21-39)28-58-51(66)45-27-42(63)30-61(45)53(68)50(54(3,4)5)60-47(65)13-8-7-10-35-14-16-37(17-15-35)31-69-34(2)44(24-25-46(64)56-6)57-29-41-26-40-12-9-11-38-22-23-43(55)52(67)62(41)48(38)40/h9,11-12,14-21,32,34,41-45,50,57,63H,7-8,10,13,22-31,55H2,1-6H3,(H,56,64)(H,58,66)(H,60,65)/t34-,41+,42-,43+,44+,45+,50-/m1/s1. The van der Waals surface area contributed by atoms with Gasteiger partial charge >= 0.3 is 0 Å². The first-order valence-corrected chi connectivity index (χ1v) is 25.8. The summed E-state index contributed by atoms with van der Waals surface area (Å²) in [5.41, 5.74) is 15.9. The molecule has 3 aromatic carbocycles. The smallest absolute Gasteiger partial charge is 0.246 e. The molecule has 0 saturated carbocycles. The van der Waals surface area contributed by atoms with Gasteiger partial charge in [0.2, 0.25) is 29.5 Å². The Morgan fingerprint density at radius 2 is 1.67 bits per heavy atom. The number of rotatable bonds is 21. The van der Waals surface area contributed by atoms with Crippen LogP contribution in [0.2, 0.25) is 0 Å². The van der Waals surface area contributed by atoms with Gasteiger partial charge in [-0.15, -0.1) is 11.3 Å². The number of nitrogens with two attached hydrogens (primary N) is 1. The lowest BCUT2D eigenvalue weighted by Crippen LogP contribution is -2.57. The summed E-state index contributed by atoms with van der Waals surface area (Å²) in [4.78, 5) is 75.5.